The molecule has 1 aromatic carbocycles. The van der Waals surface area contributed by atoms with Gasteiger partial charge in [0.05, 0.1) is 12.1 Å². The molecule has 0 N–H and O–H groups in total. The smallest absolute Gasteiger partial charge is 0.416 e. The predicted molar refractivity (Wildman–Crippen MR) is 81.5 cm³/mol. The van der Waals surface area contributed by atoms with Crippen molar-refractivity contribution in [3.8, 4) is 17.1 Å². The second-order valence-corrected chi connectivity index (χ2v) is 5.81. The number of fused-ring (bicyclic) bond motifs is 3. The van der Waals surface area contributed by atoms with Crippen molar-refractivity contribution in [1.82, 2.24) is 9.55 Å². The number of anilines is 1. The highest BCUT2D eigenvalue weighted by atomic mass is 19.3. The highest BCUT2D eigenvalue weighted by molar-refractivity contribution is 5.89. The monoisotopic (exact) mass is 335 g/mol. The molecule has 1 fully saturated rings. The summed E-state index contributed by atoms with van der Waals surface area (Å²) in [6.07, 6.45) is -1.90. The Balaban J connectivity index is 1.79. The predicted octanol–water partition coefficient (Wildman–Crippen LogP) is 2.84. The van der Waals surface area contributed by atoms with Gasteiger partial charge in [0, 0.05) is 6.20 Å². The van der Waals surface area contributed by atoms with Gasteiger partial charge in [-0.15, -0.1) is 0 Å². The van der Waals surface area contributed by atoms with E-state index in [4.69, 9.17) is 9.47 Å². The molecule has 2 aromatic rings. The minimum absolute atomic E-state index is 0.172. The average molecular weight is 335 g/mol. The Bertz CT molecular complexity index is 806. The van der Waals surface area contributed by atoms with Gasteiger partial charge in [-0.05, 0) is 24.6 Å². The van der Waals surface area contributed by atoms with E-state index in [1.807, 2.05) is 29.7 Å². The number of halogens is 2. The number of nitrogens with zero attached hydrogens (tertiary/aromatic N) is 3. The Kier molecular flexibility index (Phi) is 3.40. The van der Waals surface area contributed by atoms with E-state index in [1.54, 1.807) is 6.20 Å². The fourth-order valence-corrected chi connectivity index (χ4v) is 2.98. The summed E-state index contributed by atoms with van der Waals surface area (Å²) in [6, 6.07) is 4.40. The molecule has 1 aromatic heterocycles. The molecular formula is C16H15F2N3O3. The van der Waals surface area contributed by atoms with E-state index in [9.17, 15) is 13.6 Å². The van der Waals surface area contributed by atoms with Gasteiger partial charge in [-0.3, -0.25) is 0 Å². The van der Waals surface area contributed by atoms with Crippen LogP contribution in [0.25, 0.3) is 11.4 Å². The topological polar surface area (TPSA) is 56.6 Å². The number of cyclic esters (lactones) is 1. The maximum atomic E-state index is 13.2. The lowest BCUT2D eigenvalue weighted by molar-refractivity contribution is 0.104. The number of rotatable bonds is 2. The van der Waals surface area contributed by atoms with Crippen molar-refractivity contribution >= 4 is 11.9 Å². The van der Waals surface area contributed by atoms with Crippen LogP contribution >= 0.6 is 0 Å². The van der Waals surface area contributed by atoms with E-state index in [2.05, 4.69) is 4.98 Å². The van der Waals surface area contributed by atoms with Crippen LogP contribution in [0.15, 0.2) is 24.4 Å². The molecule has 24 heavy (non-hydrogen) atoms. The summed E-state index contributed by atoms with van der Waals surface area (Å²) in [4.78, 5) is 17.2. The molecule has 8 heteroatoms. The third-order valence-electron chi connectivity index (χ3n) is 4.18. The minimum atomic E-state index is -2.70. The second kappa shape index (κ2) is 5.47. The quantitative estimate of drug-likeness (QED) is 0.847. The minimum Gasteiger partial charge on any atom is -0.491 e. The summed E-state index contributed by atoms with van der Waals surface area (Å²) in [7, 11) is 0. The van der Waals surface area contributed by atoms with Crippen molar-refractivity contribution in [3.05, 3.63) is 30.0 Å². The van der Waals surface area contributed by atoms with Crippen molar-refractivity contribution in [2.75, 3.05) is 18.1 Å². The molecule has 0 radical (unpaired) electrons. The molecule has 0 saturated carbocycles. The molecule has 2 aliphatic rings. The number of benzene rings is 1. The Morgan fingerprint density at radius 2 is 2.17 bits per heavy atom. The number of amides is 1. The molecule has 2 aliphatic heterocycles. The molecule has 3 heterocycles. The van der Waals surface area contributed by atoms with Crippen LogP contribution in [0.4, 0.5) is 19.4 Å². The summed E-state index contributed by atoms with van der Waals surface area (Å²) in [6.45, 7) is 2.57. The number of carbonyl (C=O) groups is 1. The number of hydrogen-bond donors (Lipinski definition) is 0. The van der Waals surface area contributed by atoms with Crippen LogP contribution < -0.4 is 9.64 Å². The van der Waals surface area contributed by atoms with Gasteiger partial charge in [0.15, 0.2) is 5.82 Å². The Hall–Kier alpha value is -2.64. The fourth-order valence-electron chi connectivity index (χ4n) is 2.98. The molecule has 6 nitrogen and oxygen atoms in total. The summed E-state index contributed by atoms with van der Waals surface area (Å²) in [5.41, 5.74) is 1.82. The van der Waals surface area contributed by atoms with E-state index in [0.717, 1.165) is 16.0 Å². The van der Waals surface area contributed by atoms with E-state index >= 15 is 0 Å². The van der Waals surface area contributed by atoms with Gasteiger partial charge in [0.2, 0.25) is 0 Å². The normalized spacial score (nSPS) is 19.6. The van der Waals surface area contributed by atoms with Crippen LogP contribution in [0.5, 0.6) is 5.75 Å². The lowest BCUT2D eigenvalue weighted by Gasteiger charge is -2.17. The Morgan fingerprint density at radius 3 is 2.96 bits per heavy atom. The van der Waals surface area contributed by atoms with Gasteiger partial charge < -0.3 is 14.0 Å². The van der Waals surface area contributed by atoms with Crippen molar-refractivity contribution in [2.45, 2.75) is 25.9 Å². The maximum Gasteiger partial charge on any atom is 0.416 e. The number of ether oxygens (including phenoxy) is 2. The molecule has 126 valence electrons. The fraction of sp³-hybridized carbons (Fsp3) is 0.375. The van der Waals surface area contributed by atoms with Crippen LogP contribution in [-0.4, -0.2) is 41.3 Å². The molecule has 1 saturated heterocycles. The number of imidazole rings is 1. The standard InChI is InChI=1S/C16H15F2N3O3/c1-9-2-3-10-12(6-9)23-5-4-20-7-13(19-15(10)20)21-11(14(17)18)8-24-16(21)22/h2-3,6-7,11,14H,4-5,8H2,1H3. The third kappa shape index (κ3) is 2.29. The summed E-state index contributed by atoms with van der Waals surface area (Å²) in [5, 5.41) is 0. The van der Waals surface area contributed by atoms with Gasteiger partial charge in [0.1, 0.15) is 30.8 Å². The van der Waals surface area contributed by atoms with Crippen LogP contribution in [0.1, 0.15) is 5.56 Å². The number of aryl methyl sites for hydroxylation is 1. The van der Waals surface area contributed by atoms with Gasteiger partial charge in [-0.2, -0.15) is 0 Å². The summed E-state index contributed by atoms with van der Waals surface area (Å²) in [5.74, 6) is 1.46. The zero-order valence-corrected chi connectivity index (χ0v) is 12.9. The molecule has 1 amide bonds. The van der Waals surface area contributed by atoms with E-state index < -0.39 is 18.6 Å². The zero-order chi connectivity index (χ0) is 16.8. The zero-order valence-electron chi connectivity index (χ0n) is 12.9. The van der Waals surface area contributed by atoms with Crippen molar-refractivity contribution in [1.29, 1.82) is 0 Å². The number of carbonyl (C=O) groups excluding carboxylic acids is 1. The maximum absolute atomic E-state index is 13.2. The van der Waals surface area contributed by atoms with Gasteiger partial charge in [0.25, 0.3) is 6.43 Å². The van der Waals surface area contributed by atoms with E-state index in [0.29, 0.717) is 24.7 Å². The molecular weight excluding hydrogens is 320 g/mol. The Morgan fingerprint density at radius 1 is 1.33 bits per heavy atom. The van der Waals surface area contributed by atoms with Crippen molar-refractivity contribution < 1.29 is 23.0 Å². The number of aromatic nitrogens is 2. The third-order valence-corrected chi connectivity index (χ3v) is 4.18. The molecule has 0 bridgehead atoms. The highest BCUT2D eigenvalue weighted by Gasteiger charge is 2.42. The molecule has 0 spiro atoms. The first kappa shape index (κ1) is 14.9. The number of alkyl halides is 2. The highest BCUT2D eigenvalue weighted by Crippen LogP contribution is 2.35. The second-order valence-electron chi connectivity index (χ2n) is 5.81. The first-order chi connectivity index (χ1) is 11.5. The Labute approximate surface area is 136 Å². The van der Waals surface area contributed by atoms with Crippen LogP contribution in [-0.2, 0) is 11.3 Å². The first-order valence-electron chi connectivity index (χ1n) is 7.60. The molecule has 1 unspecified atom stereocenters. The number of hydrogen-bond acceptors (Lipinski definition) is 4. The first-order valence-corrected chi connectivity index (χ1v) is 7.60. The van der Waals surface area contributed by atoms with Gasteiger partial charge in [-0.1, -0.05) is 6.07 Å². The molecule has 0 aliphatic carbocycles. The lowest BCUT2D eigenvalue weighted by atomic mass is 10.1. The summed E-state index contributed by atoms with van der Waals surface area (Å²) >= 11 is 0. The van der Waals surface area contributed by atoms with Gasteiger partial charge >= 0.3 is 6.09 Å². The van der Waals surface area contributed by atoms with Crippen LogP contribution in [0.2, 0.25) is 0 Å². The van der Waals surface area contributed by atoms with Crippen LogP contribution in [0.3, 0.4) is 0 Å². The molecule has 1 atom stereocenters. The van der Waals surface area contributed by atoms with Crippen molar-refractivity contribution in [2.24, 2.45) is 0 Å². The van der Waals surface area contributed by atoms with E-state index in [1.165, 1.54) is 0 Å². The summed E-state index contributed by atoms with van der Waals surface area (Å²) < 4.78 is 38.6. The lowest BCUT2D eigenvalue weighted by Crippen LogP contribution is -2.38. The van der Waals surface area contributed by atoms with Crippen LogP contribution in [0, 0.1) is 6.92 Å². The largest absolute Gasteiger partial charge is 0.491 e. The van der Waals surface area contributed by atoms with E-state index in [-0.39, 0.29) is 12.4 Å². The average Bonchev–Trinajstić information content (AvgIpc) is 3.07. The van der Waals surface area contributed by atoms with Crippen molar-refractivity contribution in [3.63, 3.8) is 0 Å². The van der Waals surface area contributed by atoms with Gasteiger partial charge in [-0.25, -0.2) is 23.5 Å². The SMILES string of the molecule is Cc1ccc2c(c1)OCCn1cc(N3C(=O)OCC3C(F)F)nc1-2. The molecule has 4 rings (SSSR count).